The van der Waals surface area contributed by atoms with E-state index in [1.54, 1.807) is 63.5 Å². The summed E-state index contributed by atoms with van der Waals surface area (Å²) in [6.45, 7) is 1.81. The molecule has 2 aromatic heterocycles. The monoisotopic (exact) mass is 429 g/mol. The zero-order chi connectivity index (χ0) is 21.0. The molecule has 0 saturated carbocycles. The zero-order valence-corrected chi connectivity index (χ0v) is 17.6. The van der Waals surface area contributed by atoms with E-state index in [2.05, 4.69) is 10.6 Å². The molecule has 3 rings (SSSR count). The summed E-state index contributed by atoms with van der Waals surface area (Å²) in [7, 11) is 3.39. The molecule has 7 nitrogen and oxygen atoms in total. The minimum absolute atomic E-state index is 0.0693. The first kappa shape index (κ1) is 20.7. The van der Waals surface area contributed by atoms with Gasteiger partial charge in [-0.1, -0.05) is 0 Å². The molecule has 0 radical (unpaired) electrons. The molecule has 2 N–H and O–H groups in total. The van der Waals surface area contributed by atoms with Gasteiger partial charge in [0.05, 0.1) is 16.1 Å². The summed E-state index contributed by atoms with van der Waals surface area (Å²) < 4.78 is 5.07. The molecule has 0 bridgehead atoms. The number of amides is 3. The smallest absolute Gasteiger partial charge is 0.291 e. The zero-order valence-electron chi connectivity index (χ0n) is 16.0. The lowest BCUT2D eigenvalue weighted by Crippen LogP contribution is -2.16. The average molecular weight is 430 g/mol. The second kappa shape index (κ2) is 8.97. The molecule has 0 aliphatic heterocycles. The minimum atomic E-state index is -0.372. The minimum Gasteiger partial charge on any atom is -0.459 e. The van der Waals surface area contributed by atoms with Crippen molar-refractivity contribution in [3.8, 4) is 0 Å². The molecule has 3 aromatic rings. The van der Waals surface area contributed by atoms with Crippen LogP contribution in [-0.4, -0.2) is 36.0 Å². The van der Waals surface area contributed by atoms with Crippen molar-refractivity contribution in [3.63, 3.8) is 0 Å². The van der Waals surface area contributed by atoms with Gasteiger partial charge in [0.25, 0.3) is 17.1 Å². The Kier molecular flexibility index (Phi) is 6.40. The lowest BCUT2D eigenvalue weighted by Gasteiger charge is -2.09. The number of thiophene rings is 1. The Bertz CT molecular complexity index is 1020. The quantitative estimate of drug-likeness (QED) is 0.561. The molecule has 0 aliphatic carbocycles. The largest absolute Gasteiger partial charge is 0.459 e. The number of aryl methyl sites for hydroxylation is 1. The molecule has 0 fully saturated rings. The summed E-state index contributed by atoms with van der Waals surface area (Å²) in [6.07, 6.45) is 1.42. The number of carbonyl (C=O) groups is 3. The van der Waals surface area contributed by atoms with E-state index in [4.69, 9.17) is 4.42 Å². The van der Waals surface area contributed by atoms with Crippen molar-refractivity contribution in [2.45, 2.75) is 11.8 Å². The van der Waals surface area contributed by atoms with Crippen LogP contribution in [0, 0.1) is 6.92 Å². The first-order valence-corrected chi connectivity index (χ1v) is 10.2. The molecule has 0 spiro atoms. The number of carbonyl (C=O) groups excluding carboxylic acids is 3. The molecule has 0 atom stereocenters. The second-order valence-corrected chi connectivity index (χ2v) is 8.37. The van der Waals surface area contributed by atoms with Crippen molar-refractivity contribution >= 4 is 50.8 Å². The molecule has 1 aromatic carbocycles. The highest BCUT2D eigenvalue weighted by Gasteiger charge is 2.17. The molecule has 9 heteroatoms. The van der Waals surface area contributed by atoms with E-state index in [1.807, 2.05) is 0 Å². The van der Waals surface area contributed by atoms with Crippen molar-refractivity contribution in [2.24, 2.45) is 0 Å². The number of hydrogen-bond acceptors (Lipinski definition) is 6. The van der Waals surface area contributed by atoms with Gasteiger partial charge in [0.2, 0.25) is 0 Å². The Morgan fingerprint density at radius 2 is 1.76 bits per heavy atom. The average Bonchev–Trinajstić information content (AvgIpc) is 3.33. The van der Waals surface area contributed by atoms with Gasteiger partial charge in [-0.2, -0.15) is 0 Å². The normalized spacial score (nSPS) is 10.4. The van der Waals surface area contributed by atoms with Crippen LogP contribution in [0.2, 0.25) is 0 Å². The van der Waals surface area contributed by atoms with Crippen LogP contribution < -0.4 is 10.6 Å². The van der Waals surface area contributed by atoms with Gasteiger partial charge in [-0.25, -0.2) is 0 Å². The molecule has 0 saturated heterocycles. The topological polar surface area (TPSA) is 91.6 Å². The lowest BCUT2D eigenvalue weighted by atomic mass is 10.2. The van der Waals surface area contributed by atoms with Crippen molar-refractivity contribution in [1.82, 2.24) is 4.90 Å². The van der Waals surface area contributed by atoms with E-state index in [-0.39, 0.29) is 22.8 Å². The van der Waals surface area contributed by atoms with Crippen LogP contribution in [0.25, 0.3) is 0 Å². The predicted molar refractivity (Wildman–Crippen MR) is 115 cm³/mol. The number of nitrogens with one attached hydrogen (secondary N) is 2. The molecule has 29 heavy (non-hydrogen) atoms. The summed E-state index contributed by atoms with van der Waals surface area (Å²) >= 11 is 2.30. The van der Waals surface area contributed by atoms with E-state index in [1.165, 1.54) is 22.5 Å². The summed E-state index contributed by atoms with van der Waals surface area (Å²) in [5, 5.41) is 6.05. The van der Waals surface area contributed by atoms with E-state index >= 15 is 0 Å². The Morgan fingerprint density at radius 3 is 2.38 bits per heavy atom. The van der Waals surface area contributed by atoms with Crippen LogP contribution in [0.15, 0.2) is 58.0 Å². The first-order chi connectivity index (χ1) is 13.8. The van der Waals surface area contributed by atoms with Crippen molar-refractivity contribution in [1.29, 1.82) is 0 Å². The summed E-state index contributed by atoms with van der Waals surface area (Å²) in [5.41, 5.74) is 1.37. The molecule has 0 aliphatic rings. The first-order valence-electron chi connectivity index (χ1n) is 8.59. The molecule has 0 unspecified atom stereocenters. The van der Waals surface area contributed by atoms with E-state index in [0.29, 0.717) is 15.6 Å². The number of rotatable bonds is 5. The van der Waals surface area contributed by atoms with Crippen molar-refractivity contribution < 1.29 is 18.8 Å². The van der Waals surface area contributed by atoms with Gasteiger partial charge in [-0.15, -0.1) is 11.3 Å². The maximum atomic E-state index is 12.6. The van der Waals surface area contributed by atoms with Crippen molar-refractivity contribution in [2.75, 3.05) is 24.7 Å². The van der Waals surface area contributed by atoms with Gasteiger partial charge in [0.1, 0.15) is 0 Å². The maximum absolute atomic E-state index is 12.6. The Balaban J connectivity index is 1.64. The Hall–Kier alpha value is -3.04. The van der Waals surface area contributed by atoms with E-state index < -0.39 is 0 Å². The Morgan fingerprint density at radius 1 is 1.03 bits per heavy atom. The number of benzene rings is 1. The highest BCUT2D eigenvalue weighted by Crippen LogP contribution is 2.28. The third-order valence-corrected chi connectivity index (χ3v) is 5.99. The van der Waals surface area contributed by atoms with Crippen LogP contribution in [0.5, 0.6) is 0 Å². The summed E-state index contributed by atoms with van der Waals surface area (Å²) in [6, 6.07) is 12.0. The van der Waals surface area contributed by atoms with Crippen LogP contribution in [-0.2, 0) is 0 Å². The third kappa shape index (κ3) is 5.27. The summed E-state index contributed by atoms with van der Waals surface area (Å²) in [4.78, 5) is 39.2. The van der Waals surface area contributed by atoms with Crippen LogP contribution in [0.4, 0.5) is 15.5 Å². The molecule has 150 valence electrons. The maximum Gasteiger partial charge on any atom is 0.291 e. The van der Waals surface area contributed by atoms with Gasteiger partial charge in [-0.05, 0) is 66.7 Å². The molecule has 3 amide bonds. The van der Waals surface area contributed by atoms with Crippen LogP contribution in [0.1, 0.15) is 25.8 Å². The fourth-order valence-electron chi connectivity index (χ4n) is 2.34. The molecule has 2 heterocycles. The van der Waals surface area contributed by atoms with Crippen molar-refractivity contribution in [3.05, 3.63) is 64.9 Å². The second-order valence-electron chi connectivity index (χ2n) is 6.30. The van der Waals surface area contributed by atoms with Crippen LogP contribution in [0.3, 0.4) is 0 Å². The number of nitrogens with zero attached hydrogens (tertiary/aromatic N) is 1. The standard InChI is InChI=1S/C20H19N3O4S2/c1-12-11-16(22-18(24)15-5-4-10-27-15)29-17(12)19(25)21-13-6-8-14(9-7-13)28-20(26)23(2)3/h4-11H,1-3H3,(H,21,25)(H,22,24). The van der Waals surface area contributed by atoms with Gasteiger partial charge >= 0.3 is 0 Å². The van der Waals surface area contributed by atoms with Gasteiger partial charge in [0, 0.05) is 24.7 Å². The number of hydrogen-bond donors (Lipinski definition) is 2. The third-order valence-electron chi connectivity index (χ3n) is 3.79. The van der Waals surface area contributed by atoms with Gasteiger partial charge in [-0.3, -0.25) is 14.4 Å². The molecular formula is C20H19N3O4S2. The fraction of sp³-hybridized carbons (Fsp3) is 0.150. The highest BCUT2D eigenvalue weighted by molar-refractivity contribution is 8.13. The van der Waals surface area contributed by atoms with Crippen LogP contribution >= 0.6 is 23.1 Å². The number of furan rings is 1. The fourth-order valence-corrected chi connectivity index (χ4v) is 3.96. The van der Waals surface area contributed by atoms with E-state index in [0.717, 1.165) is 22.2 Å². The lowest BCUT2D eigenvalue weighted by molar-refractivity contribution is 0.0995. The number of anilines is 2. The van der Waals surface area contributed by atoms with Gasteiger partial charge in [0.15, 0.2) is 5.76 Å². The SMILES string of the molecule is Cc1cc(NC(=O)c2ccco2)sc1C(=O)Nc1ccc(SC(=O)N(C)C)cc1. The van der Waals surface area contributed by atoms with Gasteiger partial charge < -0.3 is 20.0 Å². The summed E-state index contributed by atoms with van der Waals surface area (Å²) in [5.74, 6) is -0.438. The predicted octanol–water partition coefficient (Wildman–Crippen LogP) is 4.93. The van der Waals surface area contributed by atoms with E-state index in [9.17, 15) is 14.4 Å². The number of thioether (sulfide) groups is 1. The Labute approximate surface area is 176 Å². The molecular weight excluding hydrogens is 410 g/mol. The highest BCUT2D eigenvalue weighted by atomic mass is 32.2.